The lowest BCUT2D eigenvalue weighted by Crippen LogP contribution is -2.38. The minimum atomic E-state index is -3.22. The van der Waals surface area contributed by atoms with Crippen molar-refractivity contribution in [3.8, 4) is 0 Å². The van der Waals surface area contributed by atoms with Gasteiger partial charge < -0.3 is 4.90 Å². The highest BCUT2D eigenvalue weighted by molar-refractivity contribution is 7.89. The summed E-state index contributed by atoms with van der Waals surface area (Å²) in [5, 5.41) is 0. The van der Waals surface area contributed by atoms with E-state index in [-0.39, 0.29) is 23.9 Å². The van der Waals surface area contributed by atoms with Crippen LogP contribution < -0.4 is 0 Å². The van der Waals surface area contributed by atoms with Gasteiger partial charge in [0.25, 0.3) is 0 Å². The summed E-state index contributed by atoms with van der Waals surface area (Å²) in [5.74, 6) is -0.227. The third-order valence-corrected chi connectivity index (χ3v) is 6.01. The molecule has 1 aromatic rings. The summed E-state index contributed by atoms with van der Waals surface area (Å²) in [6, 6.07) is 5.88. The van der Waals surface area contributed by atoms with Crippen LogP contribution in [-0.4, -0.2) is 55.5 Å². The molecule has 0 N–H and O–H groups in total. The summed E-state index contributed by atoms with van der Waals surface area (Å²) in [5.41, 5.74) is 0.760. The fourth-order valence-electron chi connectivity index (χ4n) is 2.70. The molecule has 1 fully saturated rings. The molecule has 5 nitrogen and oxygen atoms in total. The van der Waals surface area contributed by atoms with Crippen LogP contribution in [0.15, 0.2) is 24.3 Å². The number of carbonyl (C=O) groups is 1. The maximum absolute atomic E-state index is 12.9. The molecule has 7 heteroatoms. The van der Waals surface area contributed by atoms with Crippen LogP contribution in [0.2, 0.25) is 0 Å². The topological polar surface area (TPSA) is 57.7 Å². The van der Waals surface area contributed by atoms with Crippen LogP contribution in [0.4, 0.5) is 4.39 Å². The summed E-state index contributed by atoms with van der Waals surface area (Å²) >= 11 is 0. The maximum Gasteiger partial charge on any atom is 0.227 e. The van der Waals surface area contributed by atoms with Crippen molar-refractivity contribution in [2.24, 2.45) is 0 Å². The van der Waals surface area contributed by atoms with Crippen molar-refractivity contribution in [3.63, 3.8) is 0 Å². The van der Waals surface area contributed by atoms with Crippen molar-refractivity contribution >= 4 is 15.9 Å². The lowest BCUT2D eigenvalue weighted by atomic mass is 10.1. The Labute approximate surface area is 137 Å². The van der Waals surface area contributed by atoms with E-state index < -0.39 is 10.0 Å². The Bertz CT molecular complexity index is 631. The Kier molecular flexibility index (Phi) is 6.12. The predicted octanol–water partition coefficient (Wildman–Crippen LogP) is 1.64. The molecule has 23 heavy (non-hydrogen) atoms. The number of nitrogens with zero attached hydrogens (tertiary/aromatic N) is 2. The number of hydrogen-bond donors (Lipinski definition) is 0. The highest BCUT2D eigenvalue weighted by atomic mass is 32.2. The first-order valence-electron chi connectivity index (χ1n) is 7.92. The molecule has 1 saturated heterocycles. The highest BCUT2D eigenvalue weighted by Gasteiger charge is 2.26. The Hall–Kier alpha value is -1.47. The van der Waals surface area contributed by atoms with Crippen molar-refractivity contribution in [2.45, 2.75) is 26.2 Å². The van der Waals surface area contributed by atoms with Crippen LogP contribution >= 0.6 is 0 Å². The largest absolute Gasteiger partial charge is 0.341 e. The van der Waals surface area contributed by atoms with Gasteiger partial charge in [-0.15, -0.1) is 0 Å². The lowest BCUT2D eigenvalue weighted by molar-refractivity contribution is -0.130. The Balaban J connectivity index is 1.94. The molecular weight excluding hydrogens is 319 g/mol. The normalized spacial score (nSPS) is 17.0. The van der Waals surface area contributed by atoms with Gasteiger partial charge in [0.15, 0.2) is 0 Å². The van der Waals surface area contributed by atoms with Gasteiger partial charge in [0, 0.05) is 26.2 Å². The van der Waals surface area contributed by atoms with Gasteiger partial charge in [-0.2, -0.15) is 0 Å². The van der Waals surface area contributed by atoms with E-state index in [9.17, 15) is 17.6 Å². The summed E-state index contributed by atoms with van der Waals surface area (Å²) in [4.78, 5) is 14.1. The molecule has 0 saturated carbocycles. The first-order chi connectivity index (χ1) is 10.9. The fourth-order valence-corrected chi connectivity index (χ4v) is 4.24. The molecule has 0 spiro atoms. The number of halogens is 1. The molecule has 1 aliphatic rings. The van der Waals surface area contributed by atoms with E-state index in [1.54, 1.807) is 17.0 Å². The molecule has 1 heterocycles. The Morgan fingerprint density at radius 1 is 1.13 bits per heavy atom. The molecule has 0 aliphatic carbocycles. The minimum Gasteiger partial charge on any atom is -0.341 e. The second-order valence-electron chi connectivity index (χ2n) is 5.75. The number of benzene rings is 1. The SMILES string of the molecule is CCCS(=O)(=O)N1CCCN(C(=O)Cc2ccc(F)cc2)CC1. The smallest absolute Gasteiger partial charge is 0.227 e. The summed E-state index contributed by atoms with van der Waals surface area (Å²) in [7, 11) is -3.22. The van der Waals surface area contributed by atoms with E-state index >= 15 is 0 Å². The van der Waals surface area contributed by atoms with Crippen LogP contribution in [-0.2, 0) is 21.2 Å². The maximum atomic E-state index is 12.9. The summed E-state index contributed by atoms with van der Waals surface area (Å²) in [6.07, 6.45) is 1.44. The van der Waals surface area contributed by atoms with E-state index in [1.807, 2.05) is 6.92 Å². The lowest BCUT2D eigenvalue weighted by Gasteiger charge is -2.22. The first-order valence-corrected chi connectivity index (χ1v) is 9.53. The van der Waals surface area contributed by atoms with Crippen molar-refractivity contribution in [1.29, 1.82) is 0 Å². The third kappa shape index (κ3) is 5.00. The quantitative estimate of drug-likeness (QED) is 0.817. The highest BCUT2D eigenvalue weighted by Crippen LogP contribution is 2.12. The van der Waals surface area contributed by atoms with Crippen LogP contribution in [0, 0.1) is 5.82 Å². The third-order valence-electron chi connectivity index (χ3n) is 3.93. The molecule has 128 valence electrons. The monoisotopic (exact) mass is 342 g/mol. The van der Waals surface area contributed by atoms with Gasteiger partial charge in [0.2, 0.25) is 15.9 Å². The number of amides is 1. The Morgan fingerprint density at radius 3 is 2.48 bits per heavy atom. The van der Waals surface area contributed by atoms with Gasteiger partial charge in [0.1, 0.15) is 5.82 Å². The van der Waals surface area contributed by atoms with Crippen LogP contribution in [0.3, 0.4) is 0 Å². The van der Waals surface area contributed by atoms with Gasteiger partial charge >= 0.3 is 0 Å². The molecule has 2 rings (SSSR count). The number of sulfonamides is 1. The van der Waals surface area contributed by atoms with E-state index in [2.05, 4.69) is 0 Å². The van der Waals surface area contributed by atoms with E-state index in [4.69, 9.17) is 0 Å². The molecule has 0 bridgehead atoms. The van der Waals surface area contributed by atoms with Crippen molar-refractivity contribution in [1.82, 2.24) is 9.21 Å². The number of hydrogen-bond acceptors (Lipinski definition) is 3. The molecule has 0 radical (unpaired) electrons. The van der Waals surface area contributed by atoms with Crippen molar-refractivity contribution < 1.29 is 17.6 Å². The number of rotatable bonds is 5. The second kappa shape index (κ2) is 7.88. The minimum absolute atomic E-state index is 0.0497. The average molecular weight is 342 g/mol. The van der Waals surface area contributed by atoms with Gasteiger partial charge in [-0.3, -0.25) is 4.79 Å². The van der Waals surface area contributed by atoms with E-state index in [0.29, 0.717) is 39.0 Å². The molecule has 1 amide bonds. The molecule has 1 aliphatic heterocycles. The van der Waals surface area contributed by atoms with Crippen LogP contribution in [0.1, 0.15) is 25.3 Å². The second-order valence-corrected chi connectivity index (χ2v) is 7.84. The standard InChI is InChI=1S/C16H23FN2O3S/c1-2-12-23(21,22)19-9-3-8-18(10-11-19)16(20)13-14-4-6-15(17)7-5-14/h4-7H,2-3,8-13H2,1H3. The Morgan fingerprint density at radius 2 is 1.83 bits per heavy atom. The summed E-state index contributed by atoms with van der Waals surface area (Å²) < 4.78 is 38.6. The zero-order valence-corrected chi connectivity index (χ0v) is 14.2. The molecule has 0 aromatic heterocycles. The number of carbonyl (C=O) groups excluding carboxylic acids is 1. The van der Waals surface area contributed by atoms with Gasteiger partial charge in [0.05, 0.1) is 12.2 Å². The van der Waals surface area contributed by atoms with Crippen LogP contribution in [0.25, 0.3) is 0 Å². The molecule has 0 unspecified atom stereocenters. The zero-order chi connectivity index (χ0) is 16.9. The van der Waals surface area contributed by atoms with E-state index in [1.165, 1.54) is 16.4 Å². The zero-order valence-electron chi connectivity index (χ0n) is 13.4. The van der Waals surface area contributed by atoms with E-state index in [0.717, 1.165) is 5.56 Å². The van der Waals surface area contributed by atoms with Crippen molar-refractivity contribution in [2.75, 3.05) is 31.9 Å². The summed E-state index contributed by atoms with van der Waals surface area (Å²) in [6.45, 7) is 3.61. The van der Waals surface area contributed by atoms with Crippen molar-refractivity contribution in [3.05, 3.63) is 35.6 Å². The molecular formula is C16H23FN2O3S. The average Bonchev–Trinajstić information content (AvgIpc) is 2.76. The molecule has 1 aromatic carbocycles. The molecule has 0 atom stereocenters. The van der Waals surface area contributed by atoms with Gasteiger partial charge in [-0.1, -0.05) is 19.1 Å². The predicted molar refractivity (Wildman–Crippen MR) is 87.0 cm³/mol. The fraction of sp³-hybridized carbons (Fsp3) is 0.562. The van der Waals surface area contributed by atoms with Gasteiger partial charge in [-0.25, -0.2) is 17.1 Å². The first kappa shape index (κ1) is 17.9. The van der Waals surface area contributed by atoms with Gasteiger partial charge in [-0.05, 0) is 30.5 Å². The van der Waals surface area contributed by atoms with Crippen LogP contribution in [0.5, 0.6) is 0 Å².